The quantitative estimate of drug-likeness (QED) is 0.884. The number of halogens is 2. The molecule has 1 atom stereocenters. The highest BCUT2D eigenvalue weighted by molar-refractivity contribution is 5.24. The minimum atomic E-state index is -2.42. The van der Waals surface area contributed by atoms with Gasteiger partial charge in [-0.15, -0.1) is 0 Å². The Hall–Kier alpha value is -1.81. The molecule has 0 aliphatic rings. The molecule has 4 heteroatoms. The summed E-state index contributed by atoms with van der Waals surface area (Å²) in [4.78, 5) is 4.25. The van der Waals surface area contributed by atoms with E-state index in [0.717, 1.165) is 11.3 Å². The molecular formula is C15H16F2N2. The summed E-state index contributed by atoms with van der Waals surface area (Å²) < 4.78 is 25.2. The summed E-state index contributed by atoms with van der Waals surface area (Å²) in [6.07, 6.45) is -0.682. The van der Waals surface area contributed by atoms with Crippen LogP contribution >= 0.6 is 0 Å². The summed E-state index contributed by atoms with van der Waals surface area (Å²) in [6, 6.07) is 12.3. The largest absolute Gasteiger partial charge is 0.305 e. The number of hydrogen-bond acceptors (Lipinski definition) is 2. The molecule has 0 radical (unpaired) electrons. The van der Waals surface area contributed by atoms with Crippen molar-refractivity contribution < 1.29 is 8.78 Å². The lowest BCUT2D eigenvalue weighted by Crippen LogP contribution is -2.19. The monoisotopic (exact) mass is 262 g/mol. The number of pyridine rings is 1. The van der Waals surface area contributed by atoms with E-state index in [1.54, 1.807) is 12.3 Å². The van der Waals surface area contributed by atoms with E-state index in [0.29, 0.717) is 6.54 Å². The molecule has 0 bridgehead atoms. The summed E-state index contributed by atoms with van der Waals surface area (Å²) in [5, 5.41) is 3.27. The minimum Gasteiger partial charge on any atom is -0.305 e. The van der Waals surface area contributed by atoms with Crippen molar-refractivity contribution in [3.8, 4) is 0 Å². The summed E-state index contributed by atoms with van der Waals surface area (Å²) in [5.41, 5.74) is 1.85. The Balaban J connectivity index is 1.97. The van der Waals surface area contributed by atoms with Crippen LogP contribution in [-0.2, 0) is 6.54 Å². The van der Waals surface area contributed by atoms with E-state index in [4.69, 9.17) is 0 Å². The molecule has 100 valence electrons. The molecule has 0 spiro atoms. The Bertz CT molecular complexity index is 515. The third-order valence-corrected chi connectivity index (χ3v) is 2.95. The molecule has 0 saturated carbocycles. The van der Waals surface area contributed by atoms with Crippen molar-refractivity contribution in [1.29, 1.82) is 0 Å². The molecule has 2 nitrogen and oxygen atoms in total. The second-order valence-corrected chi connectivity index (χ2v) is 4.40. The first kappa shape index (κ1) is 13.6. The van der Waals surface area contributed by atoms with Crippen LogP contribution in [-0.4, -0.2) is 4.98 Å². The number of benzene rings is 1. The highest BCUT2D eigenvalue weighted by atomic mass is 19.3. The fourth-order valence-electron chi connectivity index (χ4n) is 1.85. The van der Waals surface area contributed by atoms with Crippen LogP contribution < -0.4 is 5.32 Å². The van der Waals surface area contributed by atoms with Gasteiger partial charge in [-0.05, 0) is 30.7 Å². The van der Waals surface area contributed by atoms with Gasteiger partial charge in [-0.1, -0.05) is 24.3 Å². The van der Waals surface area contributed by atoms with Gasteiger partial charge in [-0.3, -0.25) is 4.98 Å². The maximum Gasteiger partial charge on any atom is 0.263 e. The first-order chi connectivity index (χ1) is 9.16. The van der Waals surface area contributed by atoms with Crippen LogP contribution in [0, 0.1) is 0 Å². The third-order valence-electron chi connectivity index (χ3n) is 2.95. The molecule has 1 aromatic carbocycles. The smallest absolute Gasteiger partial charge is 0.263 e. The first-order valence-electron chi connectivity index (χ1n) is 6.18. The first-order valence-corrected chi connectivity index (χ1v) is 6.18. The molecule has 0 unspecified atom stereocenters. The molecule has 2 aromatic rings. The molecular weight excluding hydrogens is 246 g/mol. The normalized spacial score (nSPS) is 12.6. The van der Waals surface area contributed by atoms with E-state index >= 15 is 0 Å². The van der Waals surface area contributed by atoms with Crippen molar-refractivity contribution in [2.45, 2.75) is 25.9 Å². The summed E-state index contributed by atoms with van der Waals surface area (Å²) in [5.74, 6) is 0. The zero-order valence-corrected chi connectivity index (χ0v) is 10.7. The van der Waals surface area contributed by atoms with Gasteiger partial charge >= 0.3 is 0 Å². The van der Waals surface area contributed by atoms with Gasteiger partial charge in [0.15, 0.2) is 0 Å². The molecule has 0 fully saturated rings. The van der Waals surface area contributed by atoms with E-state index in [-0.39, 0.29) is 11.6 Å². The van der Waals surface area contributed by atoms with Crippen LogP contribution in [0.25, 0.3) is 0 Å². The second-order valence-electron chi connectivity index (χ2n) is 4.40. The van der Waals surface area contributed by atoms with Gasteiger partial charge in [0.2, 0.25) is 0 Å². The van der Waals surface area contributed by atoms with Gasteiger partial charge < -0.3 is 5.32 Å². The molecule has 1 N–H and O–H groups in total. The van der Waals surface area contributed by atoms with Gasteiger partial charge in [-0.2, -0.15) is 0 Å². The van der Waals surface area contributed by atoms with Gasteiger partial charge in [-0.25, -0.2) is 8.78 Å². The molecule has 1 aromatic heterocycles. The lowest BCUT2D eigenvalue weighted by atomic mass is 10.1. The fraction of sp³-hybridized carbons (Fsp3) is 0.267. The van der Waals surface area contributed by atoms with Crippen molar-refractivity contribution in [2.24, 2.45) is 0 Å². The Kier molecular flexibility index (Phi) is 4.58. The van der Waals surface area contributed by atoms with Crippen LogP contribution in [0.3, 0.4) is 0 Å². The molecule has 2 rings (SSSR count). The highest BCUT2D eigenvalue weighted by Crippen LogP contribution is 2.19. The second kappa shape index (κ2) is 6.38. The van der Waals surface area contributed by atoms with Gasteiger partial charge in [0.05, 0.1) is 5.69 Å². The van der Waals surface area contributed by atoms with Crippen molar-refractivity contribution in [2.75, 3.05) is 0 Å². The SMILES string of the molecule is C[C@H](NCc1cccc(C(F)F)c1)c1ccccn1. The lowest BCUT2D eigenvalue weighted by Gasteiger charge is -2.13. The molecule has 0 amide bonds. The number of hydrogen-bond donors (Lipinski definition) is 1. The highest BCUT2D eigenvalue weighted by Gasteiger charge is 2.08. The zero-order valence-electron chi connectivity index (χ0n) is 10.7. The molecule has 1 heterocycles. The van der Waals surface area contributed by atoms with Crippen molar-refractivity contribution in [1.82, 2.24) is 10.3 Å². The van der Waals surface area contributed by atoms with Crippen molar-refractivity contribution in [3.63, 3.8) is 0 Å². The van der Waals surface area contributed by atoms with Gasteiger partial charge in [0.25, 0.3) is 6.43 Å². The van der Waals surface area contributed by atoms with Crippen molar-refractivity contribution in [3.05, 3.63) is 65.5 Å². The molecule has 0 aliphatic heterocycles. The predicted octanol–water partition coefficient (Wildman–Crippen LogP) is 3.87. The van der Waals surface area contributed by atoms with Crippen LogP contribution in [0.1, 0.15) is 36.2 Å². The van der Waals surface area contributed by atoms with Crippen LogP contribution in [0.2, 0.25) is 0 Å². The van der Waals surface area contributed by atoms with Gasteiger partial charge in [0.1, 0.15) is 0 Å². The fourth-order valence-corrected chi connectivity index (χ4v) is 1.85. The minimum absolute atomic E-state index is 0.0600. The maximum absolute atomic E-state index is 12.6. The number of alkyl halides is 2. The number of aromatic nitrogens is 1. The average Bonchev–Trinajstić information content (AvgIpc) is 2.46. The number of nitrogens with one attached hydrogen (secondary N) is 1. The Morgan fingerprint density at radius 2 is 2.00 bits per heavy atom. The van der Waals surface area contributed by atoms with Gasteiger partial charge in [0, 0.05) is 24.3 Å². The summed E-state index contributed by atoms with van der Waals surface area (Å²) in [6.45, 7) is 2.54. The third kappa shape index (κ3) is 3.83. The van der Waals surface area contributed by atoms with E-state index in [1.807, 2.05) is 31.2 Å². The lowest BCUT2D eigenvalue weighted by molar-refractivity contribution is 0.151. The Labute approximate surface area is 111 Å². The maximum atomic E-state index is 12.6. The standard InChI is InChI=1S/C15H16F2N2/c1-11(14-7-2-3-8-18-14)19-10-12-5-4-6-13(9-12)15(16)17/h2-9,11,15,19H,10H2,1H3/t11-/m0/s1. The van der Waals surface area contributed by atoms with Crippen LogP contribution in [0.4, 0.5) is 8.78 Å². The Morgan fingerprint density at radius 3 is 2.68 bits per heavy atom. The molecule has 0 saturated heterocycles. The van der Waals surface area contributed by atoms with Crippen LogP contribution in [0.15, 0.2) is 48.7 Å². The predicted molar refractivity (Wildman–Crippen MR) is 70.9 cm³/mol. The summed E-state index contributed by atoms with van der Waals surface area (Å²) in [7, 11) is 0. The Morgan fingerprint density at radius 1 is 1.16 bits per heavy atom. The van der Waals surface area contributed by atoms with E-state index in [9.17, 15) is 8.78 Å². The van der Waals surface area contributed by atoms with Crippen LogP contribution in [0.5, 0.6) is 0 Å². The zero-order chi connectivity index (χ0) is 13.7. The number of nitrogens with zero attached hydrogens (tertiary/aromatic N) is 1. The van der Waals surface area contributed by atoms with E-state index in [2.05, 4.69) is 10.3 Å². The average molecular weight is 262 g/mol. The van der Waals surface area contributed by atoms with E-state index in [1.165, 1.54) is 12.1 Å². The molecule has 19 heavy (non-hydrogen) atoms. The topological polar surface area (TPSA) is 24.9 Å². The molecule has 0 aliphatic carbocycles. The van der Waals surface area contributed by atoms with Crippen molar-refractivity contribution >= 4 is 0 Å². The summed E-state index contributed by atoms with van der Waals surface area (Å²) >= 11 is 0. The number of rotatable bonds is 5. The van der Waals surface area contributed by atoms with E-state index < -0.39 is 6.43 Å².